The molecular formula is C14H25NO2S. The molecule has 0 aromatic carbocycles. The van der Waals surface area contributed by atoms with E-state index in [0.29, 0.717) is 6.04 Å². The van der Waals surface area contributed by atoms with Gasteiger partial charge in [-0.2, -0.15) is 11.8 Å². The van der Waals surface area contributed by atoms with Crippen LogP contribution in [-0.2, 0) is 9.47 Å². The van der Waals surface area contributed by atoms with E-state index in [1.807, 2.05) is 0 Å². The number of ether oxygens (including phenoxy) is 2. The average molecular weight is 271 g/mol. The third kappa shape index (κ3) is 3.21. The van der Waals surface area contributed by atoms with Crippen LogP contribution in [0.5, 0.6) is 0 Å². The van der Waals surface area contributed by atoms with Crippen molar-refractivity contribution in [3.05, 3.63) is 0 Å². The first-order valence-electron chi connectivity index (χ1n) is 7.39. The van der Waals surface area contributed by atoms with E-state index in [2.05, 4.69) is 17.1 Å². The van der Waals surface area contributed by atoms with E-state index in [9.17, 15) is 0 Å². The van der Waals surface area contributed by atoms with Gasteiger partial charge in [-0.25, -0.2) is 0 Å². The van der Waals surface area contributed by atoms with Gasteiger partial charge in [0.1, 0.15) is 0 Å². The molecular weight excluding hydrogens is 246 g/mol. The molecule has 104 valence electrons. The van der Waals surface area contributed by atoms with Gasteiger partial charge in [0.2, 0.25) is 0 Å². The Labute approximate surface area is 114 Å². The molecule has 1 N–H and O–H groups in total. The SMILES string of the molecule is C1CC2(CO1)CC(NCC1CCSCC1)CCO2. The Balaban J connectivity index is 1.44. The molecule has 2 unspecified atom stereocenters. The first-order chi connectivity index (χ1) is 8.86. The molecule has 0 amide bonds. The molecule has 0 saturated carbocycles. The van der Waals surface area contributed by atoms with Crippen molar-refractivity contribution < 1.29 is 9.47 Å². The average Bonchev–Trinajstić information content (AvgIpc) is 2.86. The highest BCUT2D eigenvalue weighted by Gasteiger charge is 2.40. The van der Waals surface area contributed by atoms with Crippen LogP contribution >= 0.6 is 11.8 Å². The lowest BCUT2D eigenvalue weighted by atomic mass is 9.89. The Bertz CT molecular complexity index is 263. The van der Waals surface area contributed by atoms with E-state index in [4.69, 9.17) is 9.47 Å². The summed E-state index contributed by atoms with van der Waals surface area (Å²) in [6.07, 6.45) is 6.20. The van der Waals surface area contributed by atoms with E-state index in [1.54, 1.807) is 0 Å². The van der Waals surface area contributed by atoms with E-state index in [0.717, 1.165) is 38.6 Å². The second kappa shape index (κ2) is 6.12. The largest absolute Gasteiger partial charge is 0.378 e. The minimum atomic E-state index is 0.0539. The Kier molecular flexibility index (Phi) is 4.50. The first-order valence-corrected chi connectivity index (χ1v) is 8.55. The molecule has 3 heterocycles. The van der Waals surface area contributed by atoms with E-state index in [-0.39, 0.29) is 5.60 Å². The van der Waals surface area contributed by atoms with Gasteiger partial charge in [-0.15, -0.1) is 0 Å². The van der Waals surface area contributed by atoms with Gasteiger partial charge in [0.15, 0.2) is 0 Å². The molecule has 1 spiro atoms. The zero-order chi connectivity index (χ0) is 12.3. The quantitative estimate of drug-likeness (QED) is 0.851. The molecule has 3 aliphatic heterocycles. The Morgan fingerprint density at radius 1 is 1.17 bits per heavy atom. The standard InChI is InChI=1S/C14H25NO2S/c1-5-17-14(4-6-16-11-14)9-13(1)15-10-12-2-7-18-8-3-12/h12-13,15H,1-11H2. The predicted molar refractivity (Wildman–Crippen MR) is 75.2 cm³/mol. The van der Waals surface area contributed by atoms with Crippen LogP contribution in [0.1, 0.15) is 32.1 Å². The lowest BCUT2D eigenvalue weighted by Crippen LogP contribution is -2.48. The fourth-order valence-corrected chi connectivity index (χ4v) is 4.55. The Morgan fingerprint density at radius 2 is 2.06 bits per heavy atom. The zero-order valence-corrected chi connectivity index (χ0v) is 12.0. The van der Waals surface area contributed by atoms with Crippen molar-refractivity contribution in [2.24, 2.45) is 5.92 Å². The van der Waals surface area contributed by atoms with Crippen molar-refractivity contribution in [3.8, 4) is 0 Å². The van der Waals surface area contributed by atoms with Crippen molar-refractivity contribution in [1.82, 2.24) is 5.32 Å². The summed E-state index contributed by atoms with van der Waals surface area (Å²) in [5, 5.41) is 3.80. The number of hydrogen-bond acceptors (Lipinski definition) is 4. The lowest BCUT2D eigenvalue weighted by Gasteiger charge is -2.38. The summed E-state index contributed by atoms with van der Waals surface area (Å²) in [7, 11) is 0. The fourth-order valence-electron chi connectivity index (χ4n) is 3.35. The molecule has 18 heavy (non-hydrogen) atoms. The minimum absolute atomic E-state index is 0.0539. The smallest absolute Gasteiger partial charge is 0.0951 e. The molecule has 0 bridgehead atoms. The van der Waals surface area contributed by atoms with E-state index in [1.165, 1.54) is 37.3 Å². The highest BCUT2D eigenvalue weighted by molar-refractivity contribution is 7.99. The monoisotopic (exact) mass is 271 g/mol. The van der Waals surface area contributed by atoms with Gasteiger partial charge in [-0.1, -0.05) is 0 Å². The van der Waals surface area contributed by atoms with Crippen LogP contribution in [0.15, 0.2) is 0 Å². The maximum atomic E-state index is 5.98. The molecule has 0 aliphatic carbocycles. The van der Waals surface area contributed by atoms with E-state index >= 15 is 0 Å². The van der Waals surface area contributed by atoms with E-state index < -0.39 is 0 Å². The summed E-state index contributed by atoms with van der Waals surface area (Å²) >= 11 is 2.11. The van der Waals surface area contributed by atoms with Crippen LogP contribution in [0.3, 0.4) is 0 Å². The van der Waals surface area contributed by atoms with Crippen LogP contribution in [0, 0.1) is 5.92 Å². The molecule has 3 aliphatic rings. The second-order valence-electron chi connectivity index (χ2n) is 5.99. The van der Waals surface area contributed by atoms with Crippen molar-refractivity contribution in [2.75, 3.05) is 37.9 Å². The van der Waals surface area contributed by atoms with Gasteiger partial charge >= 0.3 is 0 Å². The lowest BCUT2D eigenvalue weighted by molar-refractivity contribution is -0.0895. The van der Waals surface area contributed by atoms with Crippen LogP contribution in [0.4, 0.5) is 0 Å². The molecule has 3 rings (SSSR count). The molecule has 4 heteroatoms. The maximum Gasteiger partial charge on any atom is 0.0951 e. The van der Waals surface area contributed by atoms with Gasteiger partial charge < -0.3 is 14.8 Å². The van der Waals surface area contributed by atoms with Crippen molar-refractivity contribution >= 4 is 11.8 Å². The van der Waals surface area contributed by atoms with Crippen LogP contribution in [0.2, 0.25) is 0 Å². The van der Waals surface area contributed by atoms with Gasteiger partial charge in [0.25, 0.3) is 0 Å². The predicted octanol–water partition coefficient (Wildman–Crippen LogP) is 2.06. The summed E-state index contributed by atoms with van der Waals surface area (Å²) in [6.45, 7) is 3.81. The van der Waals surface area contributed by atoms with Crippen LogP contribution in [-0.4, -0.2) is 49.5 Å². The number of rotatable bonds is 3. The van der Waals surface area contributed by atoms with Gasteiger partial charge in [0, 0.05) is 25.7 Å². The molecule has 3 nitrogen and oxygen atoms in total. The van der Waals surface area contributed by atoms with Crippen molar-refractivity contribution in [3.63, 3.8) is 0 Å². The second-order valence-corrected chi connectivity index (χ2v) is 7.21. The minimum Gasteiger partial charge on any atom is -0.378 e. The fraction of sp³-hybridized carbons (Fsp3) is 1.00. The Hall–Kier alpha value is 0.230. The zero-order valence-electron chi connectivity index (χ0n) is 11.2. The maximum absolute atomic E-state index is 5.98. The summed E-state index contributed by atoms with van der Waals surface area (Å²) in [5.74, 6) is 3.63. The summed E-state index contributed by atoms with van der Waals surface area (Å²) in [4.78, 5) is 0. The Morgan fingerprint density at radius 3 is 2.83 bits per heavy atom. The molecule has 0 aromatic heterocycles. The van der Waals surface area contributed by atoms with Crippen molar-refractivity contribution in [2.45, 2.75) is 43.7 Å². The van der Waals surface area contributed by atoms with Crippen LogP contribution < -0.4 is 5.32 Å². The van der Waals surface area contributed by atoms with Crippen molar-refractivity contribution in [1.29, 1.82) is 0 Å². The summed E-state index contributed by atoms with van der Waals surface area (Å²) in [5.41, 5.74) is 0.0539. The van der Waals surface area contributed by atoms with Crippen LogP contribution in [0.25, 0.3) is 0 Å². The third-order valence-electron chi connectivity index (χ3n) is 4.60. The van der Waals surface area contributed by atoms with Gasteiger partial charge in [-0.3, -0.25) is 0 Å². The summed E-state index contributed by atoms with van der Waals surface area (Å²) in [6, 6.07) is 0.648. The summed E-state index contributed by atoms with van der Waals surface area (Å²) < 4.78 is 11.5. The number of thioether (sulfide) groups is 1. The highest BCUT2D eigenvalue weighted by Crippen LogP contribution is 2.33. The number of hydrogen-bond donors (Lipinski definition) is 1. The molecule has 0 aromatic rings. The first kappa shape index (κ1) is 13.2. The normalized spacial score (nSPS) is 38.3. The number of nitrogens with one attached hydrogen (secondary N) is 1. The molecule has 3 saturated heterocycles. The van der Waals surface area contributed by atoms with Gasteiger partial charge in [0.05, 0.1) is 12.2 Å². The molecule has 3 fully saturated rings. The topological polar surface area (TPSA) is 30.5 Å². The third-order valence-corrected chi connectivity index (χ3v) is 5.64. The highest BCUT2D eigenvalue weighted by atomic mass is 32.2. The van der Waals surface area contributed by atoms with Gasteiger partial charge in [-0.05, 0) is 49.7 Å². The molecule has 0 radical (unpaired) electrons. The molecule has 2 atom stereocenters.